The number of benzene rings is 1. The Balaban J connectivity index is 1.54. The van der Waals surface area contributed by atoms with E-state index in [1.807, 2.05) is 12.3 Å². The zero-order chi connectivity index (χ0) is 16.5. The number of carbonyl (C=O) groups is 1. The highest BCUT2D eigenvalue weighted by atomic mass is 16.5. The van der Waals surface area contributed by atoms with Crippen LogP contribution in [-0.4, -0.2) is 28.0 Å². The summed E-state index contributed by atoms with van der Waals surface area (Å²) in [6, 6.07) is 12.1. The first-order valence-electron chi connectivity index (χ1n) is 7.60. The van der Waals surface area contributed by atoms with Crippen molar-refractivity contribution in [2.24, 2.45) is 0 Å². The minimum absolute atomic E-state index is 0.398. The van der Waals surface area contributed by atoms with Crippen molar-refractivity contribution in [3.8, 4) is 0 Å². The maximum Gasteiger partial charge on any atom is 0.354 e. The van der Waals surface area contributed by atoms with E-state index in [4.69, 9.17) is 4.74 Å². The maximum atomic E-state index is 11.6. The Morgan fingerprint density at radius 3 is 3.00 bits per heavy atom. The molecule has 0 unspecified atom stereocenters. The van der Waals surface area contributed by atoms with Crippen molar-refractivity contribution in [1.82, 2.24) is 15.0 Å². The van der Waals surface area contributed by atoms with Crippen LogP contribution in [0.3, 0.4) is 0 Å². The average molecular weight is 320 g/mol. The molecule has 0 saturated heterocycles. The number of ether oxygens (including phenoxy) is 1. The van der Waals surface area contributed by atoms with Crippen LogP contribution in [0.1, 0.15) is 16.1 Å². The fraction of sp³-hybridized carbons (Fsp3) is 0.111. The van der Waals surface area contributed by atoms with Gasteiger partial charge in [0.1, 0.15) is 11.3 Å². The number of methoxy groups -OCH3 is 1. The number of anilines is 1. The normalized spacial score (nSPS) is 11.0. The fourth-order valence-electron chi connectivity index (χ4n) is 2.74. The van der Waals surface area contributed by atoms with Gasteiger partial charge in [-0.2, -0.15) is 0 Å². The molecule has 0 radical (unpaired) electrons. The lowest BCUT2D eigenvalue weighted by Gasteiger charge is -2.06. The predicted molar refractivity (Wildman–Crippen MR) is 93.1 cm³/mol. The molecule has 1 aromatic carbocycles. The van der Waals surface area contributed by atoms with Gasteiger partial charge < -0.3 is 20.0 Å². The molecule has 120 valence electrons. The molecule has 0 aliphatic carbocycles. The van der Waals surface area contributed by atoms with Gasteiger partial charge >= 0.3 is 5.97 Å². The second kappa shape index (κ2) is 5.73. The van der Waals surface area contributed by atoms with Crippen molar-refractivity contribution in [3.63, 3.8) is 0 Å². The Kier molecular flexibility index (Phi) is 3.42. The standard InChI is InChI=1S/C18H16N4O2/c1-24-18(23)16-8-13-7-14(10-21-17(13)22-16)20-9-11-2-3-12-4-5-19-15(12)6-11/h2-8,10,19-20H,9H2,1H3,(H,21,22). The van der Waals surface area contributed by atoms with E-state index < -0.39 is 5.97 Å². The van der Waals surface area contributed by atoms with Crippen LogP contribution in [0.4, 0.5) is 5.69 Å². The Morgan fingerprint density at radius 1 is 1.21 bits per heavy atom. The molecule has 0 fully saturated rings. The van der Waals surface area contributed by atoms with Gasteiger partial charge in [0.15, 0.2) is 0 Å². The van der Waals surface area contributed by atoms with E-state index in [0.29, 0.717) is 17.9 Å². The van der Waals surface area contributed by atoms with Gasteiger partial charge in [0, 0.05) is 23.6 Å². The Hall–Kier alpha value is -3.28. The molecule has 24 heavy (non-hydrogen) atoms. The molecule has 0 bridgehead atoms. The number of aromatic amines is 2. The summed E-state index contributed by atoms with van der Waals surface area (Å²) in [5.41, 5.74) is 4.25. The molecule has 0 aliphatic heterocycles. The van der Waals surface area contributed by atoms with E-state index in [0.717, 1.165) is 16.6 Å². The van der Waals surface area contributed by atoms with E-state index in [1.54, 1.807) is 12.3 Å². The number of hydrogen-bond acceptors (Lipinski definition) is 4. The molecule has 3 aromatic heterocycles. The summed E-state index contributed by atoms with van der Waals surface area (Å²) in [7, 11) is 1.36. The molecule has 0 aliphatic rings. The molecule has 0 amide bonds. The number of hydrogen-bond donors (Lipinski definition) is 3. The zero-order valence-electron chi connectivity index (χ0n) is 13.1. The first-order chi connectivity index (χ1) is 11.7. The highest BCUT2D eigenvalue weighted by Gasteiger charge is 2.10. The molecule has 4 rings (SSSR count). The van der Waals surface area contributed by atoms with Crippen LogP contribution in [0.2, 0.25) is 0 Å². The van der Waals surface area contributed by atoms with Crippen molar-refractivity contribution in [1.29, 1.82) is 0 Å². The summed E-state index contributed by atoms with van der Waals surface area (Å²) in [5.74, 6) is -0.401. The lowest BCUT2D eigenvalue weighted by molar-refractivity contribution is 0.0595. The molecule has 6 nitrogen and oxygen atoms in total. The van der Waals surface area contributed by atoms with E-state index >= 15 is 0 Å². The molecular weight excluding hydrogens is 304 g/mol. The summed E-state index contributed by atoms with van der Waals surface area (Å²) in [4.78, 5) is 22.1. The van der Waals surface area contributed by atoms with Crippen molar-refractivity contribution in [2.75, 3.05) is 12.4 Å². The van der Waals surface area contributed by atoms with Gasteiger partial charge in [-0.25, -0.2) is 9.78 Å². The molecule has 6 heteroatoms. The summed E-state index contributed by atoms with van der Waals surface area (Å²) in [6.07, 6.45) is 3.68. The average Bonchev–Trinajstić information content (AvgIpc) is 3.24. The molecular formula is C18H16N4O2. The summed E-state index contributed by atoms with van der Waals surface area (Å²) in [5, 5.41) is 5.42. The number of esters is 1. The lowest BCUT2D eigenvalue weighted by Crippen LogP contribution is -2.00. The van der Waals surface area contributed by atoms with E-state index in [9.17, 15) is 4.79 Å². The van der Waals surface area contributed by atoms with Crippen molar-refractivity contribution in [2.45, 2.75) is 6.54 Å². The second-order valence-electron chi connectivity index (χ2n) is 5.59. The number of pyridine rings is 1. The van der Waals surface area contributed by atoms with Crippen LogP contribution in [0, 0.1) is 0 Å². The Labute approximate surface area is 137 Å². The summed E-state index contributed by atoms with van der Waals surface area (Å²) >= 11 is 0. The van der Waals surface area contributed by atoms with Crippen LogP contribution in [0.25, 0.3) is 21.9 Å². The van der Waals surface area contributed by atoms with Crippen LogP contribution >= 0.6 is 0 Å². The van der Waals surface area contributed by atoms with Crippen LogP contribution < -0.4 is 5.32 Å². The van der Waals surface area contributed by atoms with Crippen molar-refractivity contribution in [3.05, 3.63) is 60.0 Å². The van der Waals surface area contributed by atoms with Gasteiger partial charge in [-0.3, -0.25) is 0 Å². The molecule has 0 saturated carbocycles. The van der Waals surface area contributed by atoms with Crippen LogP contribution in [-0.2, 0) is 11.3 Å². The third kappa shape index (κ3) is 2.58. The lowest BCUT2D eigenvalue weighted by atomic mass is 10.1. The van der Waals surface area contributed by atoms with Gasteiger partial charge in [0.05, 0.1) is 19.0 Å². The minimum atomic E-state index is -0.401. The predicted octanol–water partition coefficient (Wildman–Crippen LogP) is 3.44. The number of carbonyl (C=O) groups excluding carboxylic acids is 1. The van der Waals surface area contributed by atoms with Crippen LogP contribution in [0.5, 0.6) is 0 Å². The maximum absolute atomic E-state index is 11.6. The SMILES string of the molecule is COC(=O)c1cc2cc(NCc3ccc4cc[nH]c4c3)cnc2[nH]1. The number of rotatable bonds is 4. The number of nitrogens with zero attached hydrogens (tertiary/aromatic N) is 1. The van der Waals surface area contributed by atoms with Crippen molar-refractivity contribution < 1.29 is 9.53 Å². The fourth-order valence-corrected chi connectivity index (χ4v) is 2.74. The molecule has 3 heterocycles. The van der Waals surface area contributed by atoms with Gasteiger partial charge in [0.25, 0.3) is 0 Å². The first kappa shape index (κ1) is 14.3. The third-order valence-electron chi connectivity index (χ3n) is 3.99. The minimum Gasteiger partial charge on any atom is -0.464 e. The molecule has 4 aromatic rings. The quantitative estimate of drug-likeness (QED) is 0.503. The zero-order valence-corrected chi connectivity index (χ0v) is 13.1. The summed E-state index contributed by atoms with van der Waals surface area (Å²) < 4.78 is 4.71. The number of nitrogens with one attached hydrogen (secondary N) is 3. The molecule has 3 N–H and O–H groups in total. The van der Waals surface area contributed by atoms with E-state index in [2.05, 4.69) is 44.5 Å². The molecule has 0 atom stereocenters. The van der Waals surface area contributed by atoms with Gasteiger partial charge in [0.2, 0.25) is 0 Å². The summed E-state index contributed by atoms with van der Waals surface area (Å²) in [6.45, 7) is 0.691. The monoisotopic (exact) mass is 320 g/mol. The largest absolute Gasteiger partial charge is 0.464 e. The third-order valence-corrected chi connectivity index (χ3v) is 3.99. The molecule has 0 spiro atoms. The smallest absolute Gasteiger partial charge is 0.354 e. The second-order valence-corrected chi connectivity index (χ2v) is 5.59. The highest BCUT2D eigenvalue weighted by molar-refractivity contribution is 5.94. The Bertz CT molecular complexity index is 1030. The van der Waals surface area contributed by atoms with E-state index in [1.165, 1.54) is 18.1 Å². The highest BCUT2D eigenvalue weighted by Crippen LogP contribution is 2.20. The topological polar surface area (TPSA) is 82.8 Å². The Morgan fingerprint density at radius 2 is 2.12 bits per heavy atom. The number of H-pyrrole nitrogens is 2. The van der Waals surface area contributed by atoms with Crippen molar-refractivity contribution >= 4 is 33.6 Å². The number of aromatic nitrogens is 3. The van der Waals surface area contributed by atoms with Gasteiger partial charge in [-0.05, 0) is 35.2 Å². The van der Waals surface area contributed by atoms with Gasteiger partial charge in [-0.1, -0.05) is 12.1 Å². The van der Waals surface area contributed by atoms with Crippen LogP contribution in [0.15, 0.2) is 48.8 Å². The van der Waals surface area contributed by atoms with Gasteiger partial charge in [-0.15, -0.1) is 0 Å². The number of fused-ring (bicyclic) bond motifs is 2. The first-order valence-corrected chi connectivity index (χ1v) is 7.60. The van der Waals surface area contributed by atoms with E-state index in [-0.39, 0.29) is 0 Å².